The highest BCUT2D eigenvalue weighted by Gasteiger charge is 2.11. The van der Waals surface area contributed by atoms with E-state index in [1.165, 1.54) is 19.5 Å². The van der Waals surface area contributed by atoms with Gasteiger partial charge in [0.25, 0.3) is 5.56 Å². The van der Waals surface area contributed by atoms with Crippen molar-refractivity contribution in [2.45, 2.75) is 17.1 Å². The number of H-pyrrole nitrogens is 1. The third kappa shape index (κ3) is 2.59. The molecule has 8 heteroatoms. The lowest BCUT2D eigenvalue weighted by Gasteiger charge is -2.06. The Morgan fingerprint density at radius 2 is 2.22 bits per heavy atom. The van der Waals surface area contributed by atoms with Gasteiger partial charge in [-0.25, -0.2) is 9.97 Å². The van der Waals surface area contributed by atoms with Gasteiger partial charge in [0, 0.05) is 11.8 Å². The third-order valence-electron chi connectivity index (χ3n) is 2.05. The van der Waals surface area contributed by atoms with Gasteiger partial charge in [-0.15, -0.1) is 0 Å². The Balaban J connectivity index is 2.37. The van der Waals surface area contributed by atoms with Crippen LogP contribution >= 0.6 is 11.8 Å². The predicted octanol–water partition coefficient (Wildman–Crippen LogP) is 0.610. The number of hydrogen-bond donors (Lipinski definition) is 2. The minimum atomic E-state index is -0.218. The fraction of sp³-hybridized carbons (Fsp3) is 0.200. The lowest BCUT2D eigenvalue weighted by molar-refractivity contribution is 0.397. The largest absolute Gasteiger partial charge is 0.479 e. The van der Waals surface area contributed by atoms with Crippen molar-refractivity contribution >= 4 is 17.4 Å². The Kier molecular flexibility index (Phi) is 3.47. The van der Waals surface area contributed by atoms with Crippen molar-refractivity contribution in [2.75, 3.05) is 12.8 Å². The summed E-state index contributed by atoms with van der Waals surface area (Å²) in [5, 5.41) is 0.906. The zero-order chi connectivity index (χ0) is 13.1. The molecular weight excluding hydrogens is 254 g/mol. The molecule has 7 nitrogen and oxygen atoms in total. The number of nitrogen functional groups attached to an aromatic ring is 1. The third-order valence-corrected chi connectivity index (χ3v) is 2.95. The van der Waals surface area contributed by atoms with Crippen molar-refractivity contribution < 1.29 is 4.74 Å². The number of ether oxygens (including phenoxy) is 1. The molecule has 0 aromatic carbocycles. The molecule has 0 unspecified atom stereocenters. The Labute approximate surface area is 107 Å². The zero-order valence-corrected chi connectivity index (χ0v) is 10.6. The molecule has 0 saturated heterocycles. The number of methoxy groups -OCH3 is 1. The van der Waals surface area contributed by atoms with Crippen LogP contribution in [0.25, 0.3) is 0 Å². The highest BCUT2D eigenvalue weighted by molar-refractivity contribution is 7.99. The van der Waals surface area contributed by atoms with Gasteiger partial charge in [-0.1, -0.05) is 0 Å². The summed E-state index contributed by atoms with van der Waals surface area (Å²) in [4.78, 5) is 26.0. The molecule has 0 aliphatic carbocycles. The summed E-state index contributed by atoms with van der Waals surface area (Å²) in [6.45, 7) is 1.74. The molecule has 0 bridgehead atoms. The Morgan fingerprint density at radius 3 is 2.89 bits per heavy atom. The Morgan fingerprint density at radius 1 is 1.44 bits per heavy atom. The van der Waals surface area contributed by atoms with Crippen molar-refractivity contribution in [1.82, 2.24) is 19.9 Å². The van der Waals surface area contributed by atoms with Crippen LogP contribution in [0.1, 0.15) is 5.69 Å². The number of anilines is 1. The smallest absolute Gasteiger partial charge is 0.251 e. The molecule has 18 heavy (non-hydrogen) atoms. The van der Waals surface area contributed by atoms with Crippen LogP contribution in [0.2, 0.25) is 0 Å². The fourth-order valence-corrected chi connectivity index (χ4v) is 2.12. The highest BCUT2D eigenvalue weighted by atomic mass is 32.2. The average Bonchev–Trinajstić information content (AvgIpc) is 2.30. The van der Waals surface area contributed by atoms with E-state index in [0.717, 1.165) is 11.8 Å². The first-order chi connectivity index (χ1) is 8.60. The second-order valence-electron chi connectivity index (χ2n) is 3.40. The Bertz CT molecular complexity index is 628. The van der Waals surface area contributed by atoms with Gasteiger partial charge in [0.15, 0.2) is 5.16 Å². The first-order valence-corrected chi connectivity index (χ1v) is 5.82. The van der Waals surface area contributed by atoms with Gasteiger partial charge in [-0.2, -0.15) is 4.98 Å². The SMILES string of the molecule is COc1ncnc(Sc2nc(C)cc(=O)[nH]2)c1N. The molecule has 3 N–H and O–H groups in total. The Hall–Kier alpha value is -2.09. The lowest BCUT2D eigenvalue weighted by atomic mass is 10.5. The van der Waals surface area contributed by atoms with E-state index in [4.69, 9.17) is 10.5 Å². The van der Waals surface area contributed by atoms with E-state index < -0.39 is 0 Å². The fourth-order valence-electron chi connectivity index (χ4n) is 1.30. The van der Waals surface area contributed by atoms with E-state index in [9.17, 15) is 4.79 Å². The number of rotatable bonds is 3. The maximum absolute atomic E-state index is 11.3. The van der Waals surface area contributed by atoms with Crippen LogP contribution in [0.15, 0.2) is 27.4 Å². The van der Waals surface area contributed by atoms with Gasteiger partial charge < -0.3 is 15.5 Å². The minimum Gasteiger partial charge on any atom is -0.479 e. The summed E-state index contributed by atoms with van der Waals surface area (Å²) in [5.74, 6) is 0.294. The van der Waals surface area contributed by atoms with E-state index in [1.54, 1.807) is 6.92 Å². The molecule has 0 saturated carbocycles. The van der Waals surface area contributed by atoms with Crippen LogP contribution in [0.5, 0.6) is 5.88 Å². The summed E-state index contributed by atoms with van der Waals surface area (Å²) in [5.41, 5.74) is 6.55. The first-order valence-electron chi connectivity index (χ1n) is 5.00. The van der Waals surface area contributed by atoms with Gasteiger partial charge >= 0.3 is 0 Å². The number of aromatic nitrogens is 4. The molecule has 2 heterocycles. The molecule has 0 atom stereocenters. The van der Waals surface area contributed by atoms with Crippen molar-refractivity contribution in [2.24, 2.45) is 0 Å². The van der Waals surface area contributed by atoms with E-state index in [1.807, 2.05) is 0 Å². The minimum absolute atomic E-state index is 0.218. The summed E-state index contributed by atoms with van der Waals surface area (Å²) in [6.07, 6.45) is 1.34. The zero-order valence-electron chi connectivity index (χ0n) is 9.80. The van der Waals surface area contributed by atoms with E-state index >= 15 is 0 Å². The van der Waals surface area contributed by atoms with Gasteiger partial charge in [-0.05, 0) is 18.7 Å². The monoisotopic (exact) mass is 265 g/mol. The number of nitrogens with one attached hydrogen (secondary N) is 1. The molecule has 2 aromatic rings. The van der Waals surface area contributed by atoms with Crippen LogP contribution in [-0.2, 0) is 0 Å². The number of aromatic amines is 1. The van der Waals surface area contributed by atoms with E-state index in [0.29, 0.717) is 27.4 Å². The summed E-state index contributed by atoms with van der Waals surface area (Å²) in [7, 11) is 1.47. The number of nitrogens with two attached hydrogens (primary N) is 1. The summed E-state index contributed by atoms with van der Waals surface area (Å²) >= 11 is 1.15. The molecule has 0 fully saturated rings. The van der Waals surface area contributed by atoms with Crippen LogP contribution in [0.3, 0.4) is 0 Å². The molecule has 0 aliphatic heterocycles. The molecule has 0 spiro atoms. The normalized spacial score (nSPS) is 10.3. The van der Waals surface area contributed by atoms with E-state index in [-0.39, 0.29) is 5.56 Å². The number of aryl methyl sites for hydroxylation is 1. The van der Waals surface area contributed by atoms with Crippen molar-refractivity contribution in [3.05, 3.63) is 28.4 Å². The standard InChI is InChI=1S/C10H11N5O2S/c1-5-3-6(16)15-10(14-5)18-9-7(11)8(17-2)12-4-13-9/h3-4H,11H2,1-2H3,(H,14,15,16). The topological polar surface area (TPSA) is 107 Å². The van der Waals surface area contributed by atoms with Crippen LogP contribution in [0, 0.1) is 6.92 Å². The summed E-state index contributed by atoms with van der Waals surface area (Å²) in [6, 6.07) is 1.41. The molecule has 0 aliphatic rings. The predicted molar refractivity (Wildman–Crippen MR) is 66.7 cm³/mol. The highest BCUT2D eigenvalue weighted by Crippen LogP contribution is 2.31. The second-order valence-corrected chi connectivity index (χ2v) is 4.37. The molecular formula is C10H11N5O2S. The maximum Gasteiger partial charge on any atom is 0.251 e. The molecule has 2 aromatic heterocycles. The van der Waals surface area contributed by atoms with Gasteiger partial charge in [-0.3, -0.25) is 4.79 Å². The number of nitrogens with zero attached hydrogens (tertiary/aromatic N) is 3. The molecule has 0 amide bonds. The van der Waals surface area contributed by atoms with Crippen LogP contribution < -0.4 is 16.0 Å². The van der Waals surface area contributed by atoms with Gasteiger partial charge in [0.05, 0.1) is 7.11 Å². The van der Waals surface area contributed by atoms with Gasteiger partial charge in [0.1, 0.15) is 17.0 Å². The van der Waals surface area contributed by atoms with Crippen molar-refractivity contribution in [1.29, 1.82) is 0 Å². The summed E-state index contributed by atoms with van der Waals surface area (Å²) < 4.78 is 4.99. The van der Waals surface area contributed by atoms with Crippen LogP contribution in [0.4, 0.5) is 5.69 Å². The average molecular weight is 265 g/mol. The van der Waals surface area contributed by atoms with Crippen molar-refractivity contribution in [3.63, 3.8) is 0 Å². The quantitative estimate of drug-likeness (QED) is 0.618. The molecule has 2 rings (SSSR count). The maximum atomic E-state index is 11.3. The second kappa shape index (κ2) is 5.05. The van der Waals surface area contributed by atoms with E-state index in [2.05, 4.69) is 19.9 Å². The lowest BCUT2D eigenvalue weighted by Crippen LogP contribution is -2.08. The van der Waals surface area contributed by atoms with Gasteiger partial charge in [0.2, 0.25) is 5.88 Å². The van der Waals surface area contributed by atoms with Crippen molar-refractivity contribution in [3.8, 4) is 5.88 Å². The van der Waals surface area contributed by atoms with Crippen LogP contribution in [-0.4, -0.2) is 27.0 Å². The molecule has 0 radical (unpaired) electrons. The first kappa shape index (κ1) is 12.4. The number of hydrogen-bond acceptors (Lipinski definition) is 7. The molecule has 94 valence electrons.